The first-order valence-corrected chi connectivity index (χ1v) is 22.6. The predicted octanol–water partition coefficient (Wildman–Crippen LogP) is 9.52. The van der Waals surface area contributed by atoms with Gasteiger partial charge in [-0.05, 0) is 47.1 Å². The molecule has 3 heterocycles. The third-order valence-electron chi connectivity index (χ3n) is 8.44. The highest BCUT2D eigenvalue weighted by Crippen LogP contribution is 2.42. The van der Waals surface area contributed by atoms with Gasteiger partial charge in [0.1, 0.15) is 18.1 Å². The first kappa shape index (κ1) is 33.6. The standard InChI is InChI=1S/C33H50N4O3SSi2/c1-23(2)43(24(3)4,25(5)6)40-18-15-30-36-31(27-12-11-26-14-17-39-29(26)21-27)32(28-13-16-34-33(35-28)41-7)37(30)22-38-19-20-42(8,9)10/h11-14,16-17,21,23-25H,15,18-20,22H2,1-10H3. The topological polar surface area (TPSA) is 75.2 Å². The van der Waals surface area contributed by atoms with Gasteiger partial charge in [-0.2, -0.15) is 0 Å². The monoisotopic (exact) mass is 638 g/mol. The number of furan rings is 1. The number of ether oxygens (including phenoxy) is 1. The second-order valence-corrected chi connectivity index (χ2v) is 25.4. The van der Waals surface area contributed by atoms with E-state index in [1.165, 1.54) is 11.8 Å². The van der Waals surface area contributed by atoms with Gasteiger partial charge in [-0.3, -0.25) is 0 Å². The highest BCUT2D eigenvalue weighted by Gasteiger charge is 2.45. The zero-order valence-electron chi connectivity index (χ0n) is 27.7. The number of aromatic nitrogens is 4. The van der Waals surface area contributed by atoms with Gasteiger partial charge in [0.25, 0.3) is 0 Å². The molecule has 0 N–H and O–H groups in total. The van der Waals surface area contributed by atoms with Crippen LogP contribution in [-0.2, 0) is 22.3 Å². The number of hydrogen-bond donors (Lipinski definition) is 0. The van der Waals surface area contributed by atoms with E-state index in [-0.39, 0.29) is 0 Å². The van der Waals surface area contributed by atoms with E-state index in [1.807, 2.05) is 24.6 Å². The van der Waals surface area contributed by atoms with Crippen molar-refractivity contribution in [2.24, 2.45) is 0 Å². The molecule has 3 aromatic heterocycles. The van der Waals surface area contributed by atoms with Crippen LogP contribution in [0.3, 0.4) is 0 Å². The summed E-state index contributed by atoms with van der Waals surface area (Å²) in [6.45, 7) is 22.9. The molecular weight excluding hydrogens is 589 g/mol. The van der Waals surface area contributed by atoms with Crippen LogP contribution in [0.1, 0.15) is 47.4 Å². The minimum Gasteiger partial charge on any atom is -0.464 e. The molecule has 234 valence electrons. The van der Waals surface area contributed by atoms with E-state index in [0.29, 0.717) is 36.4 Å². The van der Waals surface area contributed by atoms with E-state index in [4.69, 9.17) is 23.5 Å². The van der Waals surface area contributed by atoms with Gasteiger partial charge < -0.3 is 18.1 Å². The molecule has 0 amide bonds. The lowest BCUT2D eigenvalue weighted by atomic mass is 10.1. The predicted molar refractivity (Wildman–Crippen MR) is 185 cm³/mol. The van der Waals surface area contributed by atoms with E-state index in [2.05, 4.69) is 88.9 Å². The van der Waals surface area contributed by atoms with Crippen LogP contribution in [0.25, 0.3) is 33.6 Å². The Bertz CT molecular complexity index is 1470. The fourth-order valence-electron chi connectivity index (χ4n) is 6.32. The zero-order chi connectivity index (χ0) is 31.4. The summed E-state index contributed by atoms with van der Waals surface area (Å²) in [4.78, 5) is 14.7. The molecule has 0 saturated heterocycles. The Labute approximate surface area is 264 Å². The maximum absolute atomic E-state index is 6.99. The van der Waals surface area contributed by atoms with Crippen molar-refractivity contribution in [1.29, 1.82) is 0 Å². The molecule has 10 heteroatoms. The van der Waals surface area contributed by atoms with Gasteiger partial charge in [0.05, 0.1) is 23.3 Å². The number of nitrogens with zero attached hydrogens (tertiary/aromatic N) is 4. The van der Waals surface area contributed by atoms with Crippen molar-refractivity contribution in [3.63, 3.8) is 0 Å². The van der Waals surface area contributed by atoms with Crippen LogP contribution in [0, 0.1) is 0 Å². The Balaban J connectivity index is 1.80. The summed E-state index contributed by atoms with van der Waals surface area (Å²) in [7, 11) is -3.26. The Morgan fingerprint density at radius 1 is 0.930 bits per heavy atom. The summed E-state index contributed by atoms with van der Waals surface area (Å²) in [6, 6.07) is 11.3. The van der Waals surface area contributed by atoms with Crippen LogP contribution in [0.15, 0.2) is 52.4 Å². The molecule has 0 radical (unpaired) electrons. The van der Waals surface area contributed by atoms with E-state index in [1.54, 1.807) is 6.26 Å². The second-order valence-electron chi connectivity index (χ2n) is 13.5. The lowest BCUT2D eigenvalue weighted by Gasteiger charge is -2.42. The third kappa shape index (κ3) is 7.71. The van der Waals surface area contributed by atoms with E-state index in [9.17, 15) is 0 Å². The molecule has 0 spiro atoms. The summed E-state index contributed by atoms with van der Waals surface area (Å²) >= 11 is 1.53. The maximum Gasteiger partial charge on any atom is 0.200 e. The van der Waals surface area contributed by atoms with Crippen molar-refractivity contribution in [1.82, 2.24) is 19.5 Å². The lowest BCUT2D eigenvalue weighted by molar-refractivity contribution is 0.0856. The van der Waals surface area contributed by atoms with Gasteiger partial charge in [-0.15, -0.1) is 0 Å². The molecule has 0 saturated carbocycles. The SMILES string of the molecule is CSc1nccc(-c2c(-c3ccc4ccoc4c3)nc(CCO[Si](C(C)C)(C(C)C)C(C)C)n2COCC[Si](C)(C)C)n1. The molecule has 0 bridgehead atoms. The second kappa shape index (κ2) is 14.2. The highest BCUT2D eigenvalue weighted by atomic mass is 32.2. The summed E-state index contributed by atoms with van der Waals surface area (Å²) < 4.78 is 21.4. The maximum atomic E-state index is 6.99. The van der Waals surface area contributed by atoms with Crippen molar-refractivity contribution in [3.8, 4) is 22.6 Å². The number of fused-ring (bicyclic) bond motifs is 1. The summed E-state index contributed by atoms with van der Waals surface area (Å²) in [6.07, 6.45) is 6.24. The smallest absolute Gasteiger partial charge is 0.200 e. The van der Waals surface area contributed by atoms with Crippen LogP contribution in [0.4, 0.5) is 0 Å². The molecule has 0 aliphatic carbocycles. The first-order valence-electron chi connectivity index (χ1n) is 15.5. The molecule has 0 atom stereocenters. The van der Waals surface area contributed by atoms with Crippen LogP contribution in [0.5, 0.6) is 0 Å². The van der Waals surface area contributed by atoms with Crippen molar-refractivity contribution < 1.29 is 13.6 Å². The summed E-state index contributed by atoms with van der Waals surface area (Å²) in [5.74, 6) is 0.945. The molecule has 43 heavy (non-hydrogen) atoms. The summed E-state index contributed by atoms with van der Waals surface area (Å²) in [5, 5.41) is 1.79. The van der Waals surface area contributed by atoms with E-state index < -0.39 is 16.4 Å². The van der Waals surface area contributed by atoms with Gasteiger partial charge in [0.15, 0.2) is 13.5 Å². The summed E-state index contributed by atoms with van der Waals surface area (Å²) in [5.41, 5.74) is 6.03. The van der Waals surface area contributed by atoms with Crippen LogP contribution < -0.4 is 0 Å². The van der Waals surface area contributed by atoms with Gasteiger partial charge in [-0.25, -0.2) is 15.0 Å². The van der Waals surface area contributed by atoms with Crippen LogP contribution >= 0.6 is 11.8 Å². The lowest BCUT2D eigenvalue weighted by Crippen LogP contribution is -2.48. The molecule has 7 nitrogen and oxygen atoms in total. The quantitative estimate of drug-likeness (QED) is 0.0555. The zero-order valence-corrected chi connectivity index (χ0v) is 30.5. The van der Waals surface area contributed by atoms with Gasteiger partial charge in [0.2, 0.25) is 0 Å². The van der Waals surface area contributed by atoms with Crippen molar-refractivity contribution in [3.05, 3.63) is 48.6 Å². The molecular formula is C33H50N4O3SSi2. The van der Waals surface area contributed by atoms with E-state index in [0.717, 1.165) is 57.2 Å². The van der Waals surface area contributed by atoms with Crippen molar-refractivity contribution >= 4 is 39.1 Å². The van der Waals surface area contributed by atoms with E-state index >= 15 is 0 Å². The number of thioether (sulfide) groups is 1. The molecule has 0 aliphatic rings. The molecule has 0 fully saturated rings. The largest absolute Gasteiger partial charge is 0.464 e. The Morgan fingerprint density at radius 2 is 1.65 bits per heavy atom. The van der Waals surface area contributed by atoms with Gasteiger partial charge >= 0.3 is 0 Å². The molecule has 0 aliphatic heterocycles. The minimum absolute atomic E-state index is 0.408. The normalized spacial score (nSPS) is 12.9. The number of hydrogen-bond acceptors (Lipinski definition) is 7. The Kier molecular flexibility index (Phi) is 11.1. The van der Waals surface area contributed by atoms with Crippen LogP contribution in [0.2, 0.25) is 42.3 Å². The number of imidazole rings is 1. The Morgan fingerprint density at radius 3 is 2.30 bits per heavy atom. The molecule has 1 aromatic carbocycles. The van der Waals surface area contributed by atoms with Crippen LogP contribution in [-0.4, -0.2) is 55.4 Å². The molecule has 4 aromatic rings. The van der Waals surface area contributed by atoms with Crippen molar-refractivity contribution in [2.45, 2.75) is 102 Å². The minimum atomic E-state index is -2.02. The highest BCUT2D eigenvalue weighted by molar-refractivity contribution is 7.98. The number of benzene rings is 1. The molecule has 4 rings (SSSR count). The first-order chi connectivity index (χ1) is 20.4. The number of rotatable bonds is 15. The van der Waals surface area contributed by atoms with Gasteiger partial charge in [0, 0.05) is 44.9 Å². The van der Waals surface area contributed by atoms with Gasteiger partial charge in [-0.1, -0.05) is 85.1 Å². The van der Waals surface area contributed by atoms with Crippen molar-refractivity contribution in [2.75, 3.05) is 19.5 Å². The fourth-order valence-corrected chi connectivity index (χ4v) is 12.9. The molecule has 0 unspecified atom stereocenters. The average Bonchev–Trinajstić information content (AvgIpc) is 3.56. The third-order valence-corrected chi connectivity index (χ3v) is 16.8. The average molecular weight is 639 g/mol. The Hall–Kier alpha value is -2.25. The fraction of sp³-hybridized carbons (Fsp3) is 0.545.